The van der Waals surface area contributed by atoms with Gasteiger partial charge in [0.15, 0.2) is 0 Å². The average Bonchev–Trinajstić information content (AvgIpc) is 2.45. The Morgan fingerprint density at radius 1 is 1.40 bits per heavy atom. The second kappa shape index (κ2) is 1.94. The summed E-state index contributed by atoms with van der Waals surface area (Å²) in [6.07, 6.45) is 3.46. The Kier molecular flexibility index (Phi) is 1.27. The number of nitrogens with zero attached hydrogens (tertiary/aromatic N) is 1. The van der Waals surface area contributed by atoms with Crippen molar-refractivity contribution in [2.75, 3.05) is 13.1 Å². The smallest absolute Gasteiger partial charge is 0.0690 e. The highest BCUT2D eigenvalue weighted by molar-refractivity contribution is 5.01. The predicted molar refractivity (Wildman–Crippen MR) is 40.3 cm³/mol. The zero-order valence-electron chi connectivity index (χ0n) is 6.21. The fourth-order valence-corrected chi connectivity index (χ4v) is 1.64. The molecule has 0 aromatic heterocycles. The minimum Gasteiger partial charge on any atom is -0.326 e. The van der Waals surface area contributed by atoms with Crippen LogP contribution in [0.4, 0.5) is 0 Å². The van der Waals surface area contributed by atoms with E-state index in [4.69, 9.17) is 11.5 Å². The molecule has 0 bridgehead atoms. The van der Waals surface area contributed by atoms with Gasteiger partial charge >= 0.3 is 0 Å². The Labute approximate surface area is 61.4 Å². The van der Waals surface area contributed by atoms with Crippen LogP contribution in [-0.4, -0.2) is 29.7 Å². The topological polar surface area (TPSA) is 55.3 Å². The molecule has 0 radical (unpaired) electrons. The predicted octanol–water partition coefficient (Wildman–Crippen LogP) is -0.532. The van der Waals surface area contributed by atoms with E-state index >= 15 is 0 Å². The Morgan fingerprint density at radius 2 is 2.10 bits per heavy atom. The molecule has 2 aliphatic rings. The molecule has 1 aliphatic heterocycles. The van der Waals surface area contributed by atoms with Crippen LogP contribution in [0.5, 0.6) is 0 Å². The summed E-state index contributed by atoms with van der Waals surface area (Å²) in [5.41, 5.74) is 11.8. The monoisotopic (exact) mass is 141 g/mol. The molecule has 2 fully saturated rings. The Balaban J connectivity index is 1.95. The SMILES string of the molecule is N[C@@H]1CCN(C2(N)CC2)C1. The lowest BCUT2D eigenvalue weighted by atomic mass is 10.3. The van der Waals surface area contributed by atoms with Crippen molar-refractivity contribution < 1.29 is 0 Å². The minimum atomic E-state index is 0.0636. The molecule has 0 spiro atoms. The maximum Gasteiger partial charge on any atom is 0.0690 e. The summed E-state index contributed by atoms with van der Waals surface area (Å²) in [6, 6.07) is 0.376. The molecule has 58 valence electrons. The zero-order valence-corrected chi connectivity index (χ0v) is 6.21. The summed E-state index contributed by atoms with van der Waals surface area (Å²) < 4.78 is 0. The molecular formula is C7H15N3. The highest BCUT2D eigenvalue weighted by Gasteiger charge is 2.45. The fraction of sp³-hybridized carbons (Fsp3) is 1.00. The summed E-state index contributed by atoms with van der Waals surface area (Å²) in [5.74, 6) is 0. The van der Waals surface area contributed by atoms with E-state index in [1.54, 1.807) is 0 Å². The van der Waals surface area contributed by atoms with E-state index in [0.717, 1.165) is 19.5 Å². The molecule has 1 aliphatic carbocycles. The van der Waals surface area contributed by atoms with E-state index in [1.807, 2.05) is 0 Å². The molecule has 3 nitrogen and oxygen atoms in total. The van der Waals surface area contributed by atoms with Crippen LogP contribution in [0.15, 0.2) is 0 Å². The van der Waals surface area contributed by atoms with E-state index in [0.29, 0.717) is 6.04 Å². The Bertz CT molecular complexity index is 142. The largest absolute Gasteiger partial charge is 0.326 e. The normalized spacial score (nSPS) is 38.4. The summed E-state index contributed by atoms with van der Waals surface area (Å²) in [4.78, 5) is 2.33. The first-order valence-electron chi connectivity index (χ1n) is 4.00. The highest BCUT2D eigenvalue weighted by Crippen LogP contribution is 2.37. The summed E-state index contributed by atoms with van der Waals surface area (Å²) in [6.45, 7) is 2.12. The van der Waals surface area contributed by atoms with E-state index in [2.05, 4.69) is 4.90 Å². The van der Waals surface area contributed by atoms with Gasteiger partial charge in [-0.1, -0.05) is 0 Å². The third kappa shape index (κ3) is 0.944. The molecule has 0 aromatic carbocycles. The van der Waals surface area contributed by atoms with Crippen molar-refractivity contribution in [2.45, 2.75) is 31.0 Å². The van der Waals surface area contributed by atoms with Gasteiger partial charge in [-0.2, -0.15) is 0 Å². The van der Waals surface area contributed by atoms with Crippen LogP contribution in [-0.2, 0) is 0 Å². The fourth-order valence-electron chi connectivity index (χ4n) is 1.64. The van der Waals surface area contributed by atoms with Crippen LogP contribution >= 0.6 is 0 Å². The minimum absolute atomic E-state index is 0.0636. The van der Waals surface area contributed by atoms with Crippen molar-refractivity contribution in [1.82, 2.24) is 4.90 Å². The molecule has 1 saturated heterocycles. The molecule has 1 saturated carbocycles. The van der Waals surface area contributed by atoms with Crippen LogP contribution in [0.2, 0.25) is 0 Å². The molecular weight excluding hydrogens is 126 g/mol. The summed E-state index contributed by atoms with van der Waals surface area (Å²) in [5, 5.41) is 0. The van der Waals surface area contributed by atoms with Gasteiger partial charge in [0.25, 0.3) is 0 Å². The van der Waals surface area contributed by atoms with Gasteiger partial charge in [0, 0.05) is 19.1 Å². The Hall–Kier alpha value is -0.120. The standard InChI is InChI=1S/C7H15N3/c8-6-1-4-10(5-6)7(9)2-3-7/h6H,1-5,8-9H2/t6-/m1/s1. The molecule has 0 aromatic rings. The molecule has 1 atom stereocenters. The van der Waals surface area contributed by atoms with Gasteiger partial charge in [-0.3, -0.25) is 4.90 Å². The lowest BCUT2D eigenvalue weighted by Crippen LogP contribution is -2.43. The number of hydrogen-bond acceptors (Lipinski definition) is 3. The highest BCUT2D eigenvalue weighted by atomic mass is 15.3. The number of hydrogen-bond donors (Lipinski definition) is 2. The molecule has 0 unspecified atom stereocenters. The third-order valence-electron chi connectivity index (χ3n) is 2.62. The molecule has 0 amide bonds. The van der Waals surface area contributed by atoms with Crippen LogP contribution in [0.1, 0.15) is 19.3 Å². The lowest BCUT2D eigenvalue weighted by Gasteiger charge is -2.22. The molecule has 1 heterocycles. The number of likely N-dealkylation sites (tertiary alicyclic amines) is 1. The number of nitrogens with two attached hydrogens (primary N) is 2. The summed E-state index contributed by atoms with van der Waals surface area (Å²) >= 11 is 0. The first-order valence-corrected chi connectivity index (χ1v) is 4.00. The molecule has 3 heteroatoms. The van der Waals surface area contributed by atoms with Gasteiger partial charge in [-0.05, 0) is 19.3 Å². The Morgan fingerprint density at radius 3 is 2.50 bits per heavy atom. The second-order valence-electron chi connectivity index (χ2n) is 3.60. The van der Waals surface area contributed by atoms with Crippen molar-refractivity contribution >= 4 is 0 Å². The van der Waals surface area contributed by atoms with Crippen LogP contribution in [0, 0.1) is 0 Å². The lowest BCUT2D eigenvalue weighted by molar-refractivity contribution is 0.224. The zero-order chi connectivity index (χ0) is 7.19. The second-order valence-corrected chi connectivity index (χ2v) is 3.60. The van der Waals surface area contributed by atoms with Gasteiger partial charge in [0.1, 0.15) is 0 Å². The molecule has 2 rings (SSSR count). The summed E-state index contributed by atoms with van der Waals surface area (Å²) in [7, 11) is 0. The van der Waals surface area contributed by atoms with Gasteiger partial charge in [0.2, 0.25) is 0 Å². The quantitative estimate of drug-likeness (QED) is 0.516. The van der Waals surface area contributed by atoms with Gasteiger partial charge in [-0.25, -0.2) is 0 Å². The van der Waals surface area contributed by atoms with E-state index < -0.39 is 0 Å². The molecule has 4 N–H and O–H groups in total. The van der Waals surface area contributed by atoms with Crippen molar-refractivity contribution in [1.29, 1.82) is 0 Å². The third-order valence-corrected chi connectivity index (χ3v) is 2.62. The van der Waals surface area contributed by atoms with Crippen LogP contribution in [0.25, 0.3) is 0 Å². The van der Waals surface area contributed by atoms with E-state index in [1.165, 1.54) is 12.8 Å². The first kappa shape index (κ1) is 6.58. The van der Waals surface area contributed by atoms with Crippen LogP contribution in [0.3, 0.4) is 0 Å². The van der Waals surface area contributed by atoms with Crippen molar-refractivity contribution in [3.8, 4) is 0 Å². The van der Waals surface area contributed by atoms with Crippen molar-refractivity contribution in [2.24, 2.45) is 11.5 Å². The van der Waals surface area contributed by atoms with Crippen LogP contribution < -0.4 is 11.5 Å². The van der Waals surface area contributed by atoms with E-state index in [-0.39, 0.29) is 5.66 Å². The molecule has 10 heavy (non-hydrogen) atoms. The van der Waals surface area contributed by atoms with Crippen molar-refractivity contribution in [3.63, 3.8) is 0 Å². The maximum atomic E-state index is 5.98. The number of rotatable bonds is 1. The van der Waals surface area contributed by atoms with Gasteiger partial charge in [-0.15, -0.1) is 0 Å². The van der Waals surface area contributed by atoms with Crippen molar-refractivity contribution in [3.05, 3.63) is 0 Å². The first-order chi connectivity index (χ1) is 4.71. The van der Waals surface area contributed by atoms with Gasteiger partial charge < -0.3 is 11.5 Å². The average molecular weight is 141 g/mol. The van der Waals surface area contributed by atoms with Gasteiger partial charge in [0.05, 0.1) is 5.66 Å². The maximum absolute atomic E-state index is 5.98. The van der Waals surface area contributed by atoms with E-state index in [9.17, 15) is 0 Å².